The zero-order valence-corrected chi connectivity index (χ0v) is 23.6. The third-order valence-electron chi connectivity index (χ3n) is 9.07. The molecule has 2 aliphatic rings. The first-order valence-electron chi connectivity index (χ1n) is 12.9. The summed E-state index contributed by atoms with van der Waals surface area (Å²) in [5, 5.41) is 0. The summed E-state index contributed by atoms with van der Waals surface area (Å²) in [4.78, 5) is 12.8. The molecule has 0 spiro atoms. The molecule has 2 aliphatic carbocycles. The lowest BCUT2D eigenvalue weighted by Crippen LogP contribution is -2.42. The van der Waals surface area contributed by atoms with Crippen LogP contribution in [0.25, 0.3) is 6.08 Å². The molecular formula is C30H41NO4S. The molecule has 2 aromatic carbocycles. The Balaban J connectivity index is 0.000000275. The van der Waals surface area contributed by atoms with Crippen LogP contribution in [0.1, 0.15) is 64.2 Å². The summed E-state index contributed by atoms with van der Waals surface area (Å²) in [5.74, 6) is 0.809. The van der Waals surface area contributed by atoms with Crippen LogP contribution in [0.4, 0.5) is 0 Å². The number of carbonyl (C=O) groups excluding carboxylic acids is 1. The van der Waals surface area contributed by atoms with E-state index in [-0.39, 0.29) is 15.7 Å². The highest BCUT2D eigenvalue weighted by Crippen LogP contribution is 2.65. The molecule has 0 heterocycles. The van der Waals surface area contributed by atoms with Gasteiger partial charge in [-0.3, -0.25) is 4.79 Å². The first-order chi connectivity index (χ1) is 16.7. The van der Waals surface area contributed by atoms with Crippen molar-refractivity contribution in [3.63, 3.8) is 0 Å². The number of rotatable bonds is 6. The summed E-state index contributed by atoms with van der Waals surface area (Å²) in [6.45, 7) is 16.4. The van der Waals surface area contributed by atoms with Crippen LogP contribution >= 0.6 is 0 Å². The summed E-state index contributed by atoms with van der Waals surface area (Å²) in [7, 11) is -1.96. The largest absolute Gasteiger partial charge is 0.744 e. The Labute approximate surface area is 217 Å². The maximum Gasteiger partial charge on any atom is 0.165 e. The van der Waals surface area contributed by atoms with Crippen molar-refractivity contribution in [2.24, 2.45) is 16.7 Å². The highest BCUT2D eigenvalue weighted by atomic mass is 32.2. The Morgan fingerprint density at radius 2 is 1.56 bits per heavy atom. The van der Waals surface area contributed by atoms with E-state index in [0.29, 0.717) is 11.7 Å². The standard InChI is InChI=1S/C23H34NO.C7H8O3S/c1-7-24(6,8-2)16-18-11-9-17(10-12-18)15-19-20-13-14-23(5,21(19)25)22(20,3)4;1-6-2-4-7(5-3-6)11(8,9)10/h9-12,15,20H,7-8,13-14,16H2,1-6H3;2-5H,1H3,(H,8,9,10)/q+1;/p-1. The minimum absolute atomic E-state index is 0.0946. The van der Waals surface area contributed by atoms with E-state index < -0.39 is 10.1 Å². The predicted molar refractivity (Wildman–Crippen MR) is 144 cm³/mol. The molecule has 4 rings (SSSR count). The minimum Gasteiger partial charge on any atom is -0.744 e. The van der Waals surface area contributed by atoms with Gasteiger partial charge in [-0.2, -0.15) is 0 Å². The number of ketones is 1. The second-order valence-electron chi connectivity index (χ2n) is 11.5. The number of aryl methyl sites for hydroxylation is 1. The molecule has 0 radical (unpaired) electrons. The number of benzene rings is 2. The smallest absolute Gasteiger partial charge is 0.165 e. The van der Waals surface area contributed by atoms with Gasteiger partial charge in [-0.05, 0) is 74.3 Å². The van der Waals surface area contributed by atoms with Gasteiger partial charge in [0.15, 0.2) is 5.78 Å². The fraction of sp³-hybridized carbons (Fsp3) is 0.500. The van der Waals surface area contributed by atoms with Crippen molar-refractivity contribution in [1.29, 1.82) is 0 Å². The summed E-state index contributed by atoms with van der Waals surface area (Å²) in [5.41, 5.74) is 4.47. The van der Waals surface area contributed by atoms with Gasteiger partial charge in [0.2, 0.25) is 0 Å². The van der Waals surface area contributed by atoms with Gasteiger partial charge in [0.05, 0.1) is 25.0 Å². The van der Waals surface area contributed by atoms with Crippen molar-refractivity contribution >= 4 is 22.0 Å². The van der Waals surface area contributed by atoms with E-state index in [0.717, 1.165) is 48.1 Å². The number of quaternary nitrogens is 1. The summed E-state index contributed by atoms with van der Waals surface area (Å²) < 4.78 is 32.2. The van der Waals surface area contributed by atoms with Crippen LogP contribution in [0.3, 0.4) is 0 Å². The maximum atomic E-state index is 13.0. The molecule has 5 nitrogen and oxygen atoms in total. The van der Waals surface area contributed by atoms with Gasteiger partial charge in [-0.25, -0.2) is 8.42 Å². The first-order valence-corrected chi connectivity index (χ1v) is 14.3. The van der Waals surface area contributed by atoms with Gasteiger partial charge in [0.25, 0.3) is 0 Å². The summed E-state index contributed by atoms with van der Waals surface area (Å²) in [6.07, 6.45) is 4.36. The van der Waals surface area contributed by atoms with Gasteiger partial charge < -0.3 is 9.04 Å². The first kappa shape index (κ1) is 28.3. The molecule has 2 unspecified atom stereocenters. The predicted octanol–water partition coefficient (Wildman–Crippen LogP) is 5.98. The van der Waals surface area contributed by atoms with Crippen molar-refractivity contribution in [3.8, 4) is 0 Å². The Morgan fingerprint density at radius 3 is 2.00 bits per heavy atom. The zero-order valence-electron chi connectivity index (χ0n) is 22.8. The second-order valence-corrected chi connectivity index (χ2v) is 12.9. The van der Waals surface area contributed by atoms with Gasteiger partial charge in [-0.15, -0.1) is 0 Å². The third kappa shape index (κ3) is 5.51. The molecule has 0 saturated heterocycles. The second kappa shape index (κ2) is 10.2. The molecule has 2 saturated carbocycles. The molecule has 2 aromatic rings. The highest BCUT2D eigenvalue weighted by Gasteiger charge is 2.63. The number of hydrogen-bond donors (Lipinski definition) is 0. The number of nitrogens with zero attached hydrogens (tertiary/aromatic N) is 1. The average Bonchev–Trinajstić information content (AvgIpc) is 3.14. The van der Waals surface area contributed by atoms with Crippen LogP contribution in [0.5, 0.6) is 0 Å². The molecule has 196 valence electrons. The third-order valence-corrected chi connectivity index (χ3v) is 9.92. The number of Topliss-reactive ketones (excluding diaryl/α,β-unsaturated/α-hetero) is 1. The molecule has 2 fully saturated rings. The van der Waals surface area contributed by atoms with Crippen molar-refractivity contribution in [2.45, 2.75) is 65.8 Å². The Morgan fingerprint density at radius 1 is 1.00 bits per heavy atom. The van der Waals surface area contributed by atoms with Gasteiger partial charge in [0.1, 0.15) is 16.7 Å². The van der Waals surface area contributed by atoms with Crippen LogP contribution < -0.4 is 0 Å². The summed E-state index contributed by atoms with van der Waals surface area (Å²) >= 11 is 0. The van der Waals surface area contributed by atoms with Gasteiger partial charge in [0, 0.05) is 11.0 Å². The zero-order chi connectivity index (χ0) is 26.9. The van der Waals surface area contributed by atoms with Crippen molar-refractivity contribution in [3.05, 3.63) is 70.8 Å². The molecule has 6 heteroatoms. The van der Waals surface area contributed by atoms with Crippen molar-refractivity contribution in [2.75, 3.05) is 20.1 Å². The van der Waals surface area contributed by atoms with E-state index >= 15 is 0 Å². The number of allylic oxidation sites excluding steroid dienone is 1. The van der Waals surface area contributed by atoms with E-state index in [4.69, 9.17) is 0 Å². The molecule has 0 aliphatic heterocycles. The molecular weight excluding hydrogens is 470 g/mol. The number of carbonyl (C=O) groups is 1. The molecule has 2 atom stereocenters. The SMILES string of the molecule is CC[N+](C)(CC)Cc1ccc(C=C2C(=O)C3(C)CCC2C3(C)C)cc1.Cc1ccc(S(=O)(=O)[O-])cc1. The van der Waals surface area contributed by atoms with E-state index in [9.17, 15) is 17.8 Å². The van der Waals surface area contributed by atoms with Gasteiger partial charge >= 0.3 is 0 Å². The molecule has 0 amide bonds. The van der Waals surface area contributed by atoms with Crippen LogP contribution in [-0.2, 0) is 21.5 Å². The fourth-order valence-electron chi connectivity index (χ4n) is 5.59. The minimum atomic E-state index is -4.27. The Kier molecular flexibility index (Phi) is 8.04. The van der Waals surface area contributed by atoms with Crippen LogP contribution in [0.15, 0.2) is 59.0 Å². The molecule has 2 bridgehead atoms. The lowest BCUT2D eigenvalue weighted by molar-refractivity contribution is -0.919. The maximum absolute atomic E-state index is 13.0. The molecule has 0 aromatic heterocycles. The molecule has 0 N–H and O–H groups in total. The quantitative estimate of drug-likeness (QED) is 0.272. The van der Waals surface area contributed by atoms with Crippen molar-refractivity contribution < 1.29 is 22.2 Å². The van der Waals surface area contributed by atoms with Crippen LogP contribution in [0, 0.1) is 23.7 Å². The lowest BCUT2D eigenvalue weighted by atomic mass is 9.70. The number of fused-ring (bicyclic) bond motifs is 2. The lowest BCUT2D eigenvalue weighted by Gasteiger charge is -2.32. The fourth-order valence-corrected chi connectivity index (χ4v) is 6.06. The Bertz CT molecular complexity index is 1220. The van der Waals surface area contributed by atoms with E-state index in [1.165, 1.54) is 23.3 Å². The summed E-state index contributed by atoms with van der Waals surface area (Å²) in [6, 6.07) is 14.6. The monoisotopic (exact) mass is 511 g/mol. The van der Waals surface area contributed by atoms with Crippen LogP contribution in [0.2, 0.25) is 0 Å². The topological polar surface area (TPSA) is 74.3 Å². The van der Waals surface area contributed by atoms with E-state index in [2.05, 4.69) is 72.0 Å². The molecule has 36 heavy (non-hydrogen) atoms. The normalized spacial score (nSPS) is 24.1. The van der Waals surface area contributed by atoms with Gasteiger partial charge in [-0.1, -0.05) is 62.7 Å². The van der Waals surface area contributed by atoms with E-state index in [1.54, 1.807) is 12.1 Å². The van der Waals surface area contributed by atoms with Crippen molar-refractivity contribution in [1.82, 2.24) is 0 Å². The van der Waals surface area contributed by atoms with E-state index in [1.807, 2.05) is 6.92 Å². The Hall–Kier alpha value is -2.28. The average molecular weight is 512 g/mol. The number of hydrogen-bond acceptors (Lipinski definition) is 4. The van der Waals surface area contributed by atoms with Crippen LogP contribution in [-0.4, -0.2) is 43.4 Å². The highest BCUT2D eigenvalue weighted by molar-refractivity contribution is 7.85.